The molecule has 1 saturated carbocycles. The van der Waals surface area contributed by atoms with Crippen molar-refractivity contribution in [2.24, 2.45) is 5.73 Å². The highest BCUT2D eigenvalue weighted by molar-refractivity contribution is 8.00. The topological polar surface area (TPSA) is 84.2 Å². The maximum atomic E-state index is 12.3. The highest BCUT2D eigenvalue weighted by atomic mass is 32.2. The number of rotatable bonds is 5. The molecule has 1 atom stereocenters. The SMILES string of the molecule is CC(=O)Nc1ccc(SC(C)C(=O)NC2CCC(N)CC2)cc1. The van der Waals surface area contributed by atoms with Crippen LogP contribution in [0.5, 0.6) is 0 Å². The van der Waals surface area contributed by atoms with Crippen molar-refractivity contribution >= 4 is 29.3 Å². The van der Waals surface area contributed by atoms with Gasteiger partial charge >= 0.3 is 0 Å². The zero-order valence-electron chi connectivity index (χ0n) is 13.7. The molecule has 0 bridgehead atoms. The summed E-state index contributed by atoms with van der Waals surface area (Å²) >= 11 is 1.52. The van der Waals surface area contributed by atoms with Crippen molar-refractivity contribution in [3.63, 3.8) is 0 Å². The molecule has 2 rings (SSSR count). The van der Waals surface area contributed by atoms with E-state index in [1.807, 2.05) is 31.2 Å². The van der Waals surface area contributed by atoms with Crippen molar-refractivity contribution in [2.75, 3.05) is 5.32 Å². The summed E-state index contributed by atoms with van der Waals surface area (Å²) in [5.74, 6) is -0.0215. The van der Waals surface area contributed by atoms with Gasteiger partial charge in [0.05, 0.1) is 5.25 Å². The third-order valence-corrected chi connectivity index (χ3v) is 5.09. The summed E-state index contributed by atoms with van der Waals surface area (Å²) in [6.07, 6.45) is 3.90. The van der Waals surface area contributed by atoms with Gasteiger partial charge in [0.15, 0.2) is 0 Å². The first-order valence-corrected chi connectivity index (χ1v) is 8.92. The van der Waals surface area contributed by atoms with Gasteiger partial charge in [0.1, 0.15) is 0 Å². The van der Waals surface area contributed by atoms with Crippen LogP contribution >= 0.6 is 11.8 Å². The molecule has 23 heavy (non-hydrogen) atoms. The van der Waals surface area contributed by atoms with Crippen molar-refractivity contribution in [2.45, 2.75) is 61.8 Å². The Labute approximate surface area is 141 Å². The van der Waals surface area contributed by atoms with Gasteiger partial charge in [0.2, 0.25) is 11.8 Å². The van der Waals surface area contributed by atoms with E-state index >= 15 is 0 Å². The van der Waals surface area contributed by atoms with Crippen LogP contribution in [0.2, 0.25) is 0 Å². The molecule has 0 heterocycles. The molecular formula is C17H25N3O2S. The van der Waals surface area contributed by atoms with Gasteiger partial charge in [-0.25, -0.2) is 0 Å². The Bertz CT molecular complexity index is 539. The Kier molecular flexibility index (Phi) is 6.47. The lowest BCUT2D eigenvalue weighted by molar-refractivity contribution is -0.121. The van der Waals surface area contributed by atoms with Gasteiger partial charge in [-0.05, 0) is 56.9 Å². The number of nitrogens with two attached hydrogens (primary N) is 1. The fraction of sp³-hybridized carbons (Fsp3) is 0.529. The third-order valence-electron chi connectivity index (χ3n) is 3.97. The highest BCUT2D eigenvalue weighted by Gasteiger charge is 2.22. The van der Waals surface area contributed by atoms with Crippen molar-refractivity contribution < 1.29 is 9.59 Å². The highest BCUT2D eigenvalue weighted by Crippen LogP contribution is 2.25. The molecule has 4 N–H and O–H groups in total. The van der Waals surface area contributed by atoms with Crippen LogP contribution in [0, 0.1) is 0 Å². The van der Waals surface area contributed by atoms with Crippen LogP contribution in [0.4, 0.5) is 5.69 Å². The lowest BCUT2D eigenvalue weighted by Crippen LogP contribution is -2.43. The molecule has 126 valence electrons. The van der Waals surface area contributed by atoms with Crippen molar-refractivity contribution in [1.29, 1.82) is 0 Å². The largest absolute Gasteiger partial charge is 0.352 e. The lowest BCUT2D eigenvalue weighted by Gasteiger charge is -2.27. The number of benzene rings is 1. The van der Waals surface area contributed by atoms with Gasteiger partial charge in [-0.15, -0.1) is 11.8 Å². The zero-order chi connectivity index (χ0) is 16.8. The lowest BCUT2D eigenvalue weighted by atomic mass is 9.92. The average molecular weight is 335 g/mol. The second kappa shape index (κ2) is 8.36. The fourth-order valence-electron chi connectivity index (χ4n) is 2.66. The van der Waals surface area contributed by atoms with Crippen molar-refractivity contribution in [3.05, 3.63) is 24.3 Å². The van der Waals surface area contributed by atoms with E-state index in [9.17, 15) is 9.59 Å². The van der Waals surface area contributed by atoms with Gasteiger partial charge in [-0.1, -0.05) is 0 Å². The first-order chi connectivity index (χ1) is 10.9. The Balaban J connectivity index is 1.82. The molecule has 1 fully saturated rings. The van der Waals surface area contributed by atoms with E-state index in [-0.39, 0.29) is 29.1 Å². The summed E-state index contributed by atoms with van der Waals surface area (Å²) in [6, 6.07) is 8.07. The number of amides is 2. The Hall–Kier alpha value is -1.53. The number of nitrogens with one attached hydrogen (secondary N) is 2. The van der Waals surface area contributed by atoms with Crippen LogP contribution in [0.3, 0.4) is 0 Å². The van der Waals surface area contributed by atoms with Crippen LogP contribution in [-0.4, -0.2) is 29.1 Å². The minimum absolute atomic E-state index is 0.0707. The zero-order valence-corrected chi connectivity index (χ0v) is 14.5. The summed E-state index contributed by atoms with van der Waals surface area (Å²) in [6.45, 7) is 3.39. The summed E-state index contributed by atoms with van der Waals surface area (Å²) < 4.78 is 0. The molecule has 0 saturated heterocycles. The predicted molar refractivity (Wildman–Crippen MR) is 94.4 cm³/mol. The molecule has 1 aliphatic rings. The smallest absolute Gasteiger partial charge is 0.233 e. The van der Waals surface area contributed by atoms with Gasteiger partial charge < -0.3 is 16.4 Å². The molecule has 6 heteroatoms. The summed E-state index contributed by atoms with van der Waals surface area (Å²) in [5, 5.41) is 5.70. The quantitative estimate of drug-likeness (QED) is 0.722. The molecule has 1 unspecified atom stereocenters. The maximum absolute atomic E-state index is 12.3. The molecule has 1 aromatic rings. The summed E-state index contributed by atoms with van der Waals surface area (Å²) in [4.78, 5) is 24.3. The number of hydrogen-bond donors (Lipinski definition) is 3. The van der Waals surface area contributed by atoms with E-state index in [0.717, 1.165) is 36.3 Å². The normalized spacial score (nSPS) is 22.2. The summed E-state index contributed by atoms with van der Waals surface area (Å²) in [5.41, 5.74) is 6.65. The van der Waals surface area contributed by atoms with E-state index in [4.69, 9.17) is 5.73 Å². The minimum Gasteiger partial charge on any atom is -0.352 e. The Morgan fingerprint density at radius 3 is 2.35 bits per heavy atom. The number of anilines is 1. The van der Waals surface area contributed by atoms with Gasteiger partial charge in [0.25, 0.3) is 0 Å². The predicted octanol–water partition coefficient (Wildman–Crippen LogP) is 2.51. The fourth-order valence-corrected chi connectivity index (χ4v) is 3.54. The number of carbonyl (C=O) groups is 2. The maximum Gasteiger partial charge on any atom is 0.233 e. The van der Waals surface area contributed by atoms with Crippen LogP contribution in [0.1, 0.15) is 39.5 Å². The van der Waals surface area contributed by atoms with Crippen LogP contribution in [0.15, 0.2) is 29.2 Å². The van der Waals surface area contributed by atoms with E-state index in [0.29, 0.717) is 0 Å². The van der Waals surface area contributed by atoms with E-state index < -0.39 is 0 Å². The molecule has 0 aromatic heterocycles. The van der Waals surface area contributed by atoms with Crippen molar-refractivity contribution in [1.82, 2.24) is 5.32 Å². The molecule has 1 aromatic carbocycles. The van der Waals surface area contributed by atoms with E-state index in [1.165, 1.54) is 18.7 Å². The minimum atomic E-state index is -0.155. The third kappa shape index (κ3) is 5.88. The second-order valence-electron chi connectivity index (χ2n) is 6.09. The number of carbonyl (C=O) groups excluding carboxylic acids is 2. The molecule has 0 spiro atoms. The van der Waals surface area contributed by atoms with Crippen LogP contribution in [-0.2, 0) is 9.59 Å². The molecule has 2 amide bonds. The number of thioether (sulfide) groups is 1. The molecule has 1 aliphatic carbocycles. The summed E-state index contributed by atoms with van der Waals surface area (Å²) in [7, 11) is 0. The molecule has 0 radical (unpaired) electrons. The van der Waals surface area contributed by atoms with E-state index in [2.05, 4.69) is 10.6 Å². The molecular weight excluding hydrogens is 310 g/mol. The average Bonchev–Trinajstić information content (AvgIpc) is 2.51. The van der Waals surface area contributed by atoms with E-state index in [1.54, 1.807) is 0 Å². The monoisotopic (exact) mass is 335 g/mol. The molecule has 0 aliphatic heterocycles. The van der Waals surface area contributed by atoms with Gasteiger partial charge in [-0.3, -0.25) is 9.59 Å². The van der Waals surface area contributed by atoms with Crippen LogP contribution in [0.25, 0.3) is 0 Å². The van der Waals surface area contributed by atoms with Crippen LogP contribution < -0.4 is 16.4 Å². The first kappa shape index (κ1) is 17.8. The number of hydrogen-bond acceptors (Lipinski definition) is 4. The van der Waals surface area contributed by atoms with Crippen molar-refractivity contribution in [3.8, 4) is 0 Å². The Morgan fingerprint density at radius 2 is 1.78 bits per heavy atom. The molecule has 5 nitrogen and oxygen atoms in total. The van der Waals surface area contributed by atoms with Gasteiger partial charge in [-0.2, -0.15) is 0 Å². The first-order valence-electron chi connectivity index (χ1n) is 8.04. The Morgan fingerprint density at radius 1 is 1.17 bits per heavy atom. The second-order valence-corrected chi connectivity index (χ2v) is 7.50. The van der Waals surface area contributed by atoms with Gasteiger partial charge in [0, 0.05) is 29.6 Å². The standard InChI is InChI=1S/C17H25N3O2S/c1-11(17(22)20-15-5-3-13(18)4-6-15)23-16-9-7-14(8-10-16)19-12(2)21/h7-11,13,15H,3-6,18H2,1-2H3,(H,19,21)(H,20,22).